The minimum absolute atomic E-state index is 0.557. The van der Waals surface area contributed by atoms with E-state index in [9.17, 15) is 0 Å². The molecule has 1 heterocycles. The molecular weight excluding hydrogens is 114 g/mol. The Bertz CT molecular complexity index is 149. The summed E-state index contributed by atoms with van der Waals surface area (Å²) in [6, 6.07) is 0.773. The summed E-state index contributed by atoms with van der Waals surface area (Å²) in [7, 11) is 0. The van der Waals surface area contributed by atoms with Crippen LogP contribution in [-0.4, -0.2) is 22.6 Å². The summed E-state index contributed by atoms with van der Waals surface area (Å²) in [5.41, 5.74) is 0. The summed E-state index contributed by atoms with van der Waals surface area (Å²) in [6.45, 7) is 1.04. The van der Waals surface area contributed by atoms with Crippen molar-refractivity contribution in [2.45, 2.75) is 25.3 Å². The highest BCUT2D eigenvalue weighted by Crippen LogP contribution is 2.30. The van der Waals surface area contributed by atoms with Gasteiger partial charge in [-0.2, -0.15) is 0 Å². The van der Waals surface area contributed by atoms with Gasteiger partial charge in [-0.3, -0.25) is 0 Å². The molecule has 2 aliphatic rings. The highest BCUT2D eigenvalue weighted by atomic mass is 16.3. The smallest absolute Gasteiger partial charge is 0.110 e. The van der Waals surface area contributed by atoms with Crippen molar-refractivity contribution in [1.29, 1.82) is 0 Å². The molecule has 0 atom stereocenters. The molecule has 1 aliphatic heterocycles. The largest absolute Gasteiger partial charge is 0.511 e. The van der Waals surface area contributed by atoms with Crippen LogP contribution in [-0.2, 0) is 0 Å². The molecule has 0 bridgehead atoms. The summed E-state index contributed by atoms with van der Waals surface area (Å²) in [6.07, 6.45) is 5.39. The monoisotopic (exact) mass is 125 g/mol. The molecule has 2 heteroatoms. The van der Waals surface area contributed by atoms with E-state index in [1.807, 2.05) is 6.20 Å². The zero-order chi connectivity index (χ0) is 6.27. The Kier molecular flexibility index (Phi) is 0.949. The van der Waals surface area contributed by atoms with Crippen molar-refractivity contribution in [2.75, 3.05) is 6.54 Å². The lowest BCUT2D eigenvalue weighted by molar-refractivity contribution is 0.392. The van der Waals surface area contributed by atoms with Crippen molar-refractivity contribution in [3.05, 3.63) is 12.0 Å². The van der Waals surface area contributed by atoms with E-state index < -0.39 is 0 Å². The van der Waals surface area contributed by atoms with Gasteiger partial charge in [0.05, 0.1) is 0 Å². The molecule has 0 aromatic rings. The van der Waals surface area contributed by atoms with Crippen LogP contribution in [0.3, 0.4) is 0 Å². The van der Waals surface area contributed by atoms with Crippen LogP contribution < -0.4 is 0 Å². The molecule has 1 N–H and O–H groups in total. The summed E-state index contributed by atoms with van der Waals surface area (Å²) in [4.78, 5) is 2.25. The molecular formula is C7H11NO. The van der Waals surface area contributed by atoms with Gasteiger partial charge >= 0.3 is 0 Å². The Labute approximate surface area is 54.8 Å². The van der Waals surface area contributed by atoms with Crippen molar-refractivity contribution in [2.24, 2.45) is 0 Å². The van der Waals surface area contributed by atoms with Crippen LogP contribution in [0.4, 0.5) is 0 Å². The van der Waals surface area contributed by atoms with Crippen LogP contribution in [0.25, 0.3) is 0 Å². The SMILES string of the molecule is OC1=CN(C2CC2)CC1. The summed E-state index contributed by atoms with van der Waals surface area (Å²) in [5.74, 6) is 0.557. The Morgan fingerprint density at radius 1 is 1.56 bits per heavy atom. The number of nitrogens with zero attached hydrogens (tertiary/aromatic N) is 1. The zero-order valence-corrected chi connectivity index (χ0v) is 5.38. The number of hydrogen-bond acceptors (Lipinski definition) is 2. The number of aliphatic hydroxyl groups excluding tert-OH is 1. The molecule has 0 saturated heterocycles. The zero-order valence-electron chi connectivity index (χ0n) is 5.38. The molecule has 0 radical (unpaired) electrons. The van der Waals surface area contributed by atoms with Gasteiger partial charge in [-0.15, -0.1) is 0 Å². The molecule has 0 amide bonds. The molecule has 0 aromatic carbocycles. The molecule has 1 saturated carbocycles. The van der Waals surface area contributed by atoms with E-state index in [1.165, 1.54) is 12.8 Å². The standard InChI is InChI=1S/C7H11NO/c9-7-3-4-8(5-7)6-1-2-6/h5-6,9H,1-4H2. The molecule has 2 rings (SSSR count). The van der Waals surface area contributed by atoms with Gasteiger partial charge in [-0.05, 0) is 12.8 Å². The van der Waals surface area contributed by atoms with Crippen molar-refractivity contribution in [1.82, 2.24) is 4.90 Å². The van der Waals surface area contributed by atoms with Crippen molar-refractivity contribution in [3.63, 3.8) is 0 Å². The van der Waals surface area contributed by atoms with Gasteiger partial charge in [-0.1, -0.05) is 0 Å². The maximum Gasteiger partial charge on any atom is 0.110 e. The van der Waals surface area contributed by atoms with Crippen LogP contribution in [0.5, 0.6) is 0 Å². The Balaban J connectivity index is 1.99. The molecule has 1 fully saturated rings. The fourth-order valence-corrected chi connectivity index (χ4v) is 1.26. The van der Waals surface area contributed by atoms with E-state index >= 15 is 0 Å². The third kappa shape index (κ3) is 0.889. The quantitative estimate of drug-likeness (QED) is 0.570. The van der Waals surface area contributed by atoms with Crippen LogP contribution in [0, 0.1) is 0 Å². The van der Waals surface area contributed by atoms with Gasteiger partial charge in [0.15, 0.2) is 0 Å². The molecule has 2 nitrogen and oxygen atoms in total. The number of hydrogen-bond donors (Lipinski definition) is 1. The van der Waals surface area contributed by atoms with Gasteiger partial charge < -0.3 is 10.0 Å². The predicted octanol–water partition coefficient (Wildman–Crippen LogP) is 1.25. The van der Waals surface area contributed by atoms with E-state index in [1.54, 1.807) is 0 Å². The molecule has 1 aliphatic carbocycles. The van der Waals surface area contributed by atoms with Crippen molar-refractivity contribution in [3.8, 4) is 0 Å². The summed E-state index contributed by atoms with van der Waals surface area (Å²) in [5, 5.41) is 9.00. The van der Waals surface area contributed by atoms with E-state index in [0.29, 0.717) is 5.76 Å². The Morgan fingerprint density at radius 3 is 2.78 bits per heavy atom. The molecule has 0 spiro atoms. The fourth-order valence-electron chi connectivity index (χ4n) is 1.26. The van der Waals surface area contributed by atoms with Crippen molar-refractivity contribution >= 4 is 0 Å². The minimum atomic E-state index is 0.557. The first-order chi connectivity index (χ1) is 4.36. The van der Waals surface area contributed by atoms with Crippen LogP contribution in [0.15, 0.2) is 12.0 Å². The van der Waals surface area contributed by atoms with Crippen LogP contribution in [0.1, 0.15) is 19.3 Å². The molecule has 0 aromatic heterocycles. The Morgan fingerprint density at radius 2 is 2.33 bits per heavy atom. The average Bonchev–Trinajstić information content (AvgIpc) is 2.58. The van der Waals surface area contributed by atoms with Gasteiger partial charge in [0, 0.05) is 25.2 Å². The average molecular weight is 125 g/mol. The van der Waals surface area contributed by atoms with Crippen LogP contribution in [0.2, 0.25) is 0 Å². The van der Waals surface area contributed by atoms with Gasteiger partial charge in [0.25, 0.3) is 0 Å². The van der Waals surface area contributed by atoms with E-state index in [-0.39, 0.29) is 0 Å². The predicted molar refractivity (Wildman–Crippen MR) is 35.1 cm³/mol. The van der Waals surface area contributed by atoms with E-state index in [0.717, 1.165) is 19.0 Å². The highest BCUT2D eigenvalue weighted by molar-refractivity contribution is 5.03. The third-order valence-electron chi connectivity index (χ3n) is 1.96. The first-order valence-electron chi connectivity index (χ1n) is 3.51. The second-order valence-electron chi connectivity index (χ2n) is 2.84. The van der Waals surface area contributed by atoms with Gasteiger partial charge in [0.1, 0.15) is 5.76 Å². The molecule has 0 unspecified atom stereocenters. The number of rotatable bonds is 1. The maximum atomic E-state index is 9.00. The lowest BCUT2D eigenvalue weighted by Crippen LogP contribution is -2.15. The fraction of sp³-hybridized carbons (Fsp3) is 0.714. The van der Waals surface area contributed by atoms with Gasteiger partial charge in [-0.25, -0.2) is 0 Å². The third-order valence-corrected chi connectivity index (χ3v) is 1.96. The second kappa shape index (κ2) is 1.66. The van der Waals surface area contributed by atoms with Crippen molar-refractivity contribution < 1.29 is 5.11 Å². The minimum Gasteiger partial charge on any atom is -0.511 e. The lowest BCUT2D eigenvalue weighted by atomic mass is 10.4. The van der Waals surface area contributed by atoms with E-state index in [4.69, 9.17) is 5.11 Å². The molecule has 9 heavy (non-hydrogen) atoms. The summed E-state index contributed by atoms with van der Waals surface area (Å²) < 4.78 is 0. The normalized spacial score (nSPS) is 26.7. The Hall–Kier alpha value is -0.660. The topological polar surface area (TPSA) is 23.5 Å². The lowest BCUT2D eigenvalue weighted by Gasteiger charge is -2.11. The van der Waals surface area contributed by atoms with Crippen LogP contribution >= 0.6 is 0 Å². The first kappa shape index (κ1) is 5.15. The van der Waals surface area contributed by atoms with Gasteiger partial charge in [0.2, 0.25) is 0 Å². The second-order valence-corrected chi connectivity index (χ2v) is 2.84. The molecule has 50 valence electrons. The van der Waals surface area contributed by atoms with E-state index in [2.05, 4.69) is 4.90 Å². The highest BCUT2D eigenvalue weighted by Gasteiger charge is 2.29. The first-order valence-corrected chi connectivity index (χ1v) is 3.51. The number of aliphatic hydroxyl groups is 1. The maximum absolute atomic E-state index is 9.00. The summed E-state index contributed by atoms with van der Waals surface area (Å²) >= 11 is 0.